The predicted octanol–water partition coefficient (Wildman–Crippen LogP) is 5.06. The summed E-state index contributed by atoms with van der Waals surface area (Å²) in [5.41, 5.74) is 2.25. The quantitative estimate of drug-likeness (QED) is 0.351. The van der Waals surface area contributed by atoms with E-state index >= 15 is 0 Å². The van der Waals surface area contributed by atoms with Crippen LogP contribution in [0.1, 0.15) is 30.1 Å². The minimum Gasteiger partial charge on any atom is -0.462 e. The van der Waals surface area contributed by atoms with Crippen LogP contribution < -0.4 is 10.6 Å². The van der Waals surface area contributed by atoms with Crippen molar-refractivity contribution in [1.29, 1.82) is 0 Å². The van der Waals surface area contributed by atoms with Crippen molar-refractivity contribution in [2.75, 3.05) is 17.2 Å². The third kappa shape index (κ3) is 4.77. The number of hydrogen-bond donors (Lipinski definition) is 2. The highest BCUT2D eigenvalue weighted by molar-refractivity contribution is 7.80. The molecule has 0 bridgehead atoms. The van der Waals surface area contributed by atoms with Crippen LogP contribution in [-0.2, 0) is 4.74 Å². The fourth-order valence-electron chi connectivity index (χ4n) is 2.28. The first-order chi connectivity index (χ1) is 12.7. The molecule has 3 aromatic rings. The van der Waals surface area contributed by atoms with Gasteiger partial charge in [-0.15, -0.1) is 0 Å². The molecule has 0 aliphatic rings. The Balaban J connectivity index is 1.67. The zero-order valence-electron chi connectivity index (χ0n) is 14.3. The maximum Gasteiger partial charge on any atom is 0.338 e. The second kappa shape index (κ2) is 8.73. The first-order valence-electron chi connectivity index (χ1n) is 8.36. The molecule has 0 aliphatic heterocycles. The number of para-hydroxylation sites is 1. The number of ether oxygens (including phenoxy) is 1. The summed E-state index contributed by atoms with van der Waals surface area (Å²) in [5.74, 6) is -0.301. The van der Waals surface area contributed by atoms with E-state index in [1.165, 1.54) is 11.3 Å². The van der Waals surface area contributed by atoms with Crippen molar-refractivity contribution in [2.45, 2.75) is 19.8 Å². The number of nitrogens with zero attached hydrogens (tertiary/aromatic N) is 1. The number of carbonyl (C=O) groups is 1. The summed E-state index contributed by atoms with van der Waals surface area (Å²) in [6.07, 6.45) is 1.86. The maximum atomic E-state index is 12.1. The van der Waals surface area contributed by atoms with Crippen LogP contribution in [0.4, 0.5) is 10.8 Å². The third-order valence-corrected chi connectivity index (χ3v) is 4.75. The summed E-state index contributed by atoms with van der Waals surface area (Å²) in [6, 6.07) is 15.0. The Labute approximate surface area is 161 Å². The number of carbonyl (C=O) groups excluding carboxylic acids is 1. The number of esters is 1. The molecule has 0 saturated carbocycles. The van der Waals surface area contributed by atoms with Gasteiger partial charge >= 0.3 is 5.97 Å². The zero-order valence-corrected chi connectivity index (χ0v) is 16.0. The van der Waals surface area contributed by atoms with Crippen molar-refractivity contribution < 1.29 is 9.53 Å². The lowest BCUT2D eigenvalue weighted by Crippen LogP contribution is -2.18. The van der Waals surface area contributed by atoms with Gasteiger partial charge in [-0.25, -0.2) is 9.78 Å². The standard InChI is InChI=1S/C19H19N3O2S2/c1-2-3-11-24-17(23)13-9-10-15-16(12-13)26-19(21-15)22-18(25)20-14-7-5-4-6-8-14/h4-10,12H,2-3,11H2,1H3,(H2,20,21,22,25). The van der Waals surface area contributed by atoms with E-state index in [-0.39, 0.29) is 5.97 Å². The number of rotatable bonds is 6. The van der Waals surface area contributed by atoms with Gasteiger partial charge in [0.05, 0.1) is 22.4 Å². The van der Waals surface area contributed by atoms with Crippen molar-refractivity contribution in [2.24, 2.45) is 0 Å². The van der Waals surface area contributed by atoms with E-state index in [1.54, 1.807) is 12.1 Å². The molecular weight excluding hydrogens is 366 g/mol. The Morgan fingerprint density at radius 1 is 1.19 bits per heavy atom. The van der Waals surface area contributed by atoms with Crippen LogP contribution in [0.25, 0.3) is 10.2 Å². The lowest BCUT2D eigenvalue weighted by Gasteiger charge is -2.07. The zero-order chi connectivity index (χ0) is 18.4. The van der Waals surface area contributed by atoms with E-state index in [0.29, 0.717) is 22.4 Å². The molecule has 1 heterocycles. The molecule has 0 saturated heterocycles. The van der Waals surface area contributed by atoms with Crippen molar-refractivity contribution in [3.05, 3.63) is 54.1 Å². The molecule has 0 fully saturated rings. The highest BCUT2D eigenvalue weighted by atomic mass is 32.1. The lowest BCUT2D eigenvalue weighted by atomic mass is 10.2. The van der Waals surface area contributed by atoms with E-state index < -0.39 is 0 Å². The fraction of sp³-hybridized carbons (Fsp3) is 0.211. The number of hydrogen-bond acceptors (Lipinski definition) is 5. The molecule has 0 amide bonds. The Morgan fingerprint density at radius 2 is 2.00 bits per heavy atom. The summed E-state index contributed by atoms with van der Waals surface area (Å²) >= 11 is 6.76. The van der Waals surface area contributed by atoms with Gasteiger partial charge in [-0.2, -0.15) is 0 Å². The highest BCUT2D eigenvalue weighted by Crippen LogP contribution is 2.27. The average Bonchev–Trinajstić information content (AvgIpc) is 3.03. The first kappa shape index (κ1) is 18.3. The Bertz CT molecular complexity index is 910. The maximum absolute atomic E-state index is 12.1. The van der Waals surface area contributed by atoms with E-state index in [9.17, 15) is 4.79 Å². The van der Waals surface area contributed by atoms with Crippen LogP contribution in [0.2, 0.25) is 0 Å². The normalized spacial score (nSPS) is 10.5. The topological polar surface area (TPSA) is 63.2 Å². The molecule has 0 spiro atoms. The minimum atomic E-state index is -0.301. The van der Waals surface area contributed by atoms with Gasteiger partial charge in [0.1, 0.15) is 0 Å². The van der Waals surface area contributed by atoms with Gasteiger partial charge in [0.2, 0.25) is 0 Å². The molecule has 2 N–H and O–H groups in total. The largest absolute Gasteiger partial charge is 0.462 e. The second-order valence-corrected chi connectivity index (χ2v) is 7.08. The Hall–Kier alpha value is -2.51. The number of unbranched alkanes of at least 4 members (excludes halogenated alkanes) is 1. The molecule has 3 rings (SSSR count). The van der Waals surface area contributed by atoms with Crippen LogP contribution in [0, 0.1) is 0 Å². The first-order valence-corrected chi connectivity index (χ1v) is 9.59. The van der Waals surface area contributed by atoms with Crippen LogP contribution in [0.3, 0.4) is 0 Å². The molecule has 0 radical (unpaired) electrons. The predicted molar refractivity (Wildman–Crippen MR) is 111 cm³/mol. The van der Waals surface area contributed by atoms with Crippen molar-refractivity contribution in [3.63, 3.8) is 0 Å². The molecule has 0 aliphatic carbocycles. The van der Waals surface area contributed by atoms with Gasteiger partial charge in [0.25, 0.3) is 0 Å². The van der Waals surface area contributed by atoms with Crippen LogP contribution in [0.15, 0.2) is 48.5 Å². The van der Waals surface area contributed by atoms with Crippen molar-refractivity contribution in [1.82, 2.24) is 4.98 Å². The monoisotopic (exact) mass is 385 g/mol. The van der Waals surface area contributed by atoms with Crippen LogP contribution >= 0.6 is 23.6 Å². The third-order valence-electron chi connectivity index (χ3n) is 3.61. The molecule has 0 atom stereocenters. The summed E-state index contributed by atoms with van der Waals surface area (Å²) in [4.78, 5) is 16.6. The number of aromatic nitrogens is 1. The van der Waals surface area contributed by atoms with Gasteiger partial charge in [-0.1, -0.05) is 42.9 Å². The number of thiocarbonyl (C=S) groups is 1. The van der Waals surface area contributed by atoms with Crippen LogP contribution in [0.5, 0.6) is 0 Å². The number of benzene rings is 2. The number of nitrogens with one attached hydrogen (secondary N) is 2. The van der Waals surface area contributed by atoms with E-state index in [0.717, 1.165) is 28.7 Å². The van der Waals surface area contributed by atoms with Gasteiger partial charge in [0, 0.05) is 5.69 Å². The molecule has 2 aromatic carbocycles. The van der Waals surface area contributed by atoms with E-state index in [2.05, 4.69) is 22.5 Å². The molecule has 5 nitrogen and oxygen atoms in total. The van der Waals surface area contributed by atoms with E-state index in [4.69, 9.17) is 17.0 Å². The average molecular weight is 386 g/mol. The summed E-state index contributed by atoms with van der Waals surface area (Å²) < 4.78 is 6.16. The lowest BCUT2D eigenvalue weighted by molar-refractivity contribution is 0.0500. The summed E-state index contributed by atoms with van der Waals surface area (Å²) in [6.45, 7) is 2.51. The summed E-state index contributed by atoms with van der Waals surface area (Å²) in [7, 11) is 0. The SMILES string of the molecule is CCCCOC(=O)c1ccc2nc(NC(=S)Nc3ccccc3)sc2c1. The Kier molecular flexibility index (Phi) is 6.14. The number of fused-ring (bicyclic) bond motifs is 1. The summed E-state index contributed by atoms with van der Waals surface area (Å²) in [5, 5.41) is 7.33. The van der Waals surface area contributed by atoms with Crippen molar-refractivity contribution in [3.8, 4) is 0 Å². The van der Waals surface area contributed by atoms with Gasteiger partial charge in [-0.05, 0) is 49.0 Å². The second-order valence-electron chi connectivity index (χ2n) is 5.64. The van der Waals surface area contributed by atoms with Gasteiger partial charge in [0.15, 0.2) is 10.2 Å². The molecule has 26 heavy (non-hydrogen) atoms. The molecule has 7 heteroatoms. The Morgan fingerprint density at radius 3 is 2.77 bits per heavy atom. The van der Waals surface area contributed by atoms with Gasteiger partial charge in [-0.3, -0.25) is 0 Å². The van der Waals surface area contributed by atoms with Crippen molar-refractivity contribution >= 4 is 55.7 Å². The molecule has 134 valence electrons. The number of thiazole rings is 1. The highest BCUT2D eigenvalue weighted by Gasteiger charge is 2.11. The van der Waals surface area contributed by atoms with Gasteiger partial charge < -0.3 is 15.4 Å². The molecule has 1 aromatic heterocycles. The smallest absolute Gasteiger partial charge is 0.338 e. The van der Waals surface area contributed by atoms with E-state index in [1.807, 2.05) is 36.4 Å². The van der Waals surface area contributed by atoms with Crippen LogP contribution in [-0.4, -0.2) is 22.7 Å². The molecular formula is C19H19N3O2S2. The number of anilines is 2. The minimum absolute atomic E-state index is 0.301. The fourth-order valence-corrected chi connectivity index (χ4v) is 3.47. The molecule has 0 unspecified atom stereocenters.